The van der Waals surface area contributed by atoms with Crippen molar-refractivity contribution >= 4 is 21.2 Å². The molecule has 2 aliphatic heterocycles. The Labute approximate surface area is 141 Å². The van der Waals surface area contributed by atoms with Crippen molar-refractivity contribution in [1.82, 2.24) is 0 Å². The molecule has 8 heteroatoms. The van der Waals surface area contributed by atoms with Crippen molar-refractivity contribution in [2.75, 3.05) is 30.9 Å². The third-order valence-electron chi connectivity index (χ3n) is 4.94. The van der Waals surface area contributed by atoms with Gasteiger partial charge in [0.15, 0.2) is 9.84 Å². The van der Waals surface area contributed by atoms with E-state index in [2.05, 4.69) is 4.90 Å². The van der Waals surface area contributed by atoms with E-state index in [4.69, 9.17) is 4.74 Å². The van der Waals surface area contributed by atoms with Crippen molar-refractivity contribution in [2.45, 2.75) is 36.7 Å². The van der Waals surface area contributed by atoms with Crippen LogP contribution in [-0.4, -0.2) is 45.4 Å². The zero-order valence-electron chi connectivity index (χ0n) is 13.7. The minimum absolute atomic E-state index is 0.216. The van der Waals surface area contributed by atoms with Crippen LogP contribution in [0.4, 0.5) is 11.4 Å². The summed E-state index contributed by atoms with van der Waals surface area (Å²) in [6.45, 7) is 2.47. The highest BCUT2D eigenvalue weighted by molar-refractivity contribution is 7.90. The molecule has 0 amide bonds. The van der Waals surface area contributed by atoms with Crippen LogP contribution in [0.5, 0.6) is 0 Å². The highest BCUT2D eigenvalue weighted by Crippen LogP contribution is 2.33. The van der Waals surface area contributed by atoms with Crippen LogP contribution in [0.25, 0.3) is 0 Å². The van der Waals surface area contributed by atoms with E-state index in [1.165, 1.54) is 12.1 Å². The lowest BCUT2D eigenvalue weighted by molar-refractivity contribution is -0.387. The highest BCUT2D eigenvalue weighted by Gasteiger charge is 2.30. The molecule has 1 atom stereocenters. The molecule has 0 saturated carbocycles. The Morgan fingerprint density at radius 2 is 1.96 bits per heavy atom. The van der Waals surface area contributed by atoms with Gasteiger partial charge in [0.25, 0.3) is 5.69 Å². The van der Waals surface area contributed by atoms with E-state index in [1.54, 1.807) is 6.07 Å². The number of rotatable bonds is 4. The van der Waals surface area contributed by atoms with Crippen molar-refractivity contribution in [3.8, 4) is 0 Å². The SMILES string of the molecule is CS(=O)(=O)c1cc(N2CCC(C3CCCO3)CC2)ccc1[N+](=O)[O-]. The van der Waals surface area contributed by atoms with Gasteiger partial charge in [-0.05, 0) is 43.7 Å². The number of nitro groups is 1. The first-order valence-electron chi connectivity index (χ1n) is 8.21. The van der Waals surface area contributed by atoms with Gasteiger partial charge in [0.1, 0.15) is 4.90 Å². The summed E-state index contributed by atoms with van der Waals surface area (Å²) in [7, 11) is -3.65. The number of anilines is 1. The minimum Gasteiger partial charge on any atom is -0.378 e. The zero-order chi connectivity index (χ0) is 17.3. The van der Waals surface area contributed by atoms with E-state index in [1.807, 2.05) is 0 Å². The third-order valence-corrected chi connectivity index (χ3v) is 6.06. The number of hydrogen-bond donors (Lipinski definition) is 0. The highest BCUT2D eigenvalue weighted by atomic mass is 32.2. The summed E-state index contributed by atoms with van der Waals surface area (Å²) in [6.07, 6.45) is 5.61. The molecule has 0 radical (unpaired) electrons. The number of hydrogen-bond acceptors (Lipinski definition) is 6. The van der Waals surface area contributed by atoms with Crippen LogP contribution in [0.2, 0.25) is 0 Å². The van der Waals surface area contributed by atoms with Crippen LogP contribution in [0.15, 0.2) is 23.1 Å². The number of nitro benzene ring substituents is 1. The first-order chi connectivity index (χ1) is 11.4. The fourth-order valence-electron chi connectivity index (χ4n) is 3.65. The van der Waals surface area contributed by atoms with Gasteiger partial charge in [0.05, 0.1) is 11.0 Å². The summed E-state index contributed by atoms with van der Waals surface area (Å²) in [4.78, 5) is 12.3. The molecule has 0 N–H and O–H groups in total. The zero-order valence-corrected chi connectivity index (χ0v) is 14.5. The van der Waals surface area contributed by atoms with E-state index in [0.29, 0.717) is 12.0 Å². The van der Waals surface area contributed by atoms with Gasteiger partial charge >= 0.3 is 0 Å². The summed E-state index contributed by atoms with van der Waals surface area (Å²) in [5, 5.41) is 11.1. The maximum Gasteiger partial charge on any atom is 0.288 e. The van der Waals surface area contributed by atoms with Gasteiger partial charge in [-0.25, -0.2) is 8.42 Å². The van der Waals surface area contributed by atoms with Crippen LogP contribution in [0.3, 0.4) is 0 Å². The van der Waals surface area contributed by atoms with Crippen molar-refractivity contribution in [3.05, 3.63) is 28.3 Å². The Kier molecular flexibility index (Phi) is 4.78. The van der Waals surface area contributed by atoms with E-state index in [9.17, 15) is 18.5 Å². The summed E-state index contributed by atoms with van der Waals surface area (Å²) in [6, 6.07) is 4.36. The molecule has 2 fully saturated rings. The van der Waals surface area contributed by atoms with Gasteiger partial charge in [-0.2, -0.15) is 0 Å². The summed E-state index contributed by atoms with van der Waals surface area (Å²) in [5.74, 6) is 0.552. The third kappa shape index (κ3) is 3.54. The second-order valence-corrected chi connectivity index (χ2v) is 8.54. The molecule has 0 bridgehead atoms. The molecule has 0 spiro atoms. The molecule has 2 aliphatic rings. The quantitative estimate of drug-likeness (QED) is 0.609. The number of ether oxygens (including phenoxy) is 1. The van der Waals surface area contributed by atoms with E-state index in [-0.39, 0.29) is 10.6 Å². The normalized spacial score (nSPS) is 22.7. The second-order valence-electron chi connectivity index (χ2n) is 6.56. The fourth-order valence-corrected chi connectivity index (χ4v) is 4.51. The van der Waals surface area contributed by atoms with Crippen molar-refractivity contribution in [1.29, 1.82) is 0 Å². The van der Waals surface area contributed by atoms with Crippen LogP contribution < -0.4 is 4.90 Å². The van der Waals surface area contributed by atoms with Gasteiger partial charge in [0.2, 0.25) is 0 Å². The Bertz CT molecular complexity index is 720. The largest absolute Gasteiger partial charge is 0.378 e. The van der Waals surface area contributed by atoms with Crippen LogP contribution in [0, 0.1) is 16.0 Å². The molecule has 0 aliphatic carbocycles. The number of nitrogens with zero attached hydrogens (tertiary/aromatic N) is 2. The first-order valence-corrected chi connectivity index (χ1v) is 10.1. The van der Waals surface area contributed by atoms with Crippen molar-refractivity contribution < 1.29 is 18.1 Å². The Hall–Kier alpha value is -1.67. The lowest BCUT2D eigenvalue weighted by atomic mass is 9.89. The monoisotopic (exact) mass is 354 g/mol. The molecular formula is C16H22N2O5S. The first kappa shape index (κ1) is 17.2. The Balaban J connectivity index is 1.77. The summed E-state index contributed by atoms with van der Waals surface area (Å²) >= 11 is 0. The van der Waals surface area contributed by atoms with Crippen molar-refractivity contribution in [2.24, 2.45) is 5.92 Å². The standard InChI is InChI=1S/C16H22N2O5S/c1-24(21,22)16-11-13(4-5-14(16)18(19)20)17-8-6-12(7-9-17)15-3-2-10-23-15/h4-5,11-12,15H,2-3,6-10H2,1H3. The average Bonchev–Trinajstić information content (AvgIpc) is 3.08. The van der Waals surface area contributed by atoms with Gasteiger partial charge in [0, 0.05) is 37.7 Å². The number of piperidine rings is 1. The lowest BCUT2D eigenvalue weighted by Gasteiger charge is -2.35. The average molecular weight is 354 g/mol. The fraction of sp³-hybridized carbons (Fsp3) is 0.625. The van der Waals surface area contributed by atoms with Crippen molar-refractivity contribution in [3.63, 3.8) is 0 Å². The summed E-state index contributed by atoms with van der Waals surface area (Å²) in [5.41, 5.74) is 0.363. The molecule has 1 aromatic carbocycles. The van der Waals surface area contributed by atoms with Gasteiger partial charge in [-0.3, -0.25) is 10.1 Å². The molecule has 2 saturated heterocycles. The maximum absolute atomic E-state index is 11.9. The smallest absolute Gasteiger partial charge is 0.288 e. The summed E-state index contributed by atoms with van der Waals surface area (Å²) < 4.78 is 29.5. The number of benzene rings is 1. The molecule has 3 rings (SSSR count). The van der Waals surface area contributed by atoms with E-state index >= 15 is 0 Å². The minimum atomic E-state index is -3.65. The Morgan fingerprint density at radius 1 is 1.25 bits per heavy atom. The second kappa shape index (κ2) is 6.68. The van der Waals surface area contributed by atoms with E-state index in [0.717, 1.165) is 57.3 Å². The Morgan fingerprint density at radius 3 is 2.50 bits per heavy atom. The van der Waals surface area contributed by atoms with Gasteiger partial charge in [-0.1, -0.05) is 0 Å². The topological polar surface area (TPSA) is 89.8 Å². The molecular weight excluding hydrogens is 332 g/mol. The van der Waals surface area contributed by atoms with Crippen LogP contribution in [-0.2, 0) is 14.6 Å². The molecule has 1 aromatic rings. The lowest BCUT2D eigenvalue weighted by Crippen LogP contribution is -2.37. The molecule has 1 unspecified atom stereocenters. The molecule has 7 nitrogen and oxygen atoms in total. The number of sulfone groups is 1. The van der Waals surface area contributed by atoms with Gasteiger partial charge < -0.3 is 9.64 Å². The molecule has 2 heterocycles. The van der Waals surface area contributed by atoms with Crippen LogP contribution in [0.1, 0.15) is 25.7 Å². The molecule has 132 valence electrons. The van der Waals surface area contributed by atoms with Crippen LogP contribution >= 0.6 is 0 Å². The maximum atomic E-state index is 11.9. The van der Waals surface area contributed by atoms with Gasteiger partial charge in [-0.15, -0.1) is 0 Å². The molecule has 24 heavy (non-hydrogen) atoms. The predicted molar refractivity (Wildman–Crippen MR) is 90.1 cm³/mol. The predicted octanol–water partition coefficient (Wildman–Crippen LogP) is 2.39. The van der Waals surface area contributed by atoms with E-state index < -0.39 is 14.8 Å². The molecule has 0 aromatic heterocycles.